The Bertz CT molecular complexity index is 450. The number of rotatable bonds is 3. The number of phenols is 1. The largest absolute Gasteiger partial charge is 0.508 e. The van der Waals surface area contributed by atoms with E-state index in [2.05, 4.69) is 5.32 Å². The molecule has 0 heterocycles. The van der Waals surface area contributed by atoms with Gasteiger partial charge in [0.15, 0.2) is 0 Å². The summed E-state index contributed by atoms with van der Waals surface area (Å²) in [5.41, 5.74) is 0.771. The maximum Gasteiger partial charge on any atom is 0.394 e. The van der Waals surface area contributed by atoms with E-state index in [4.69, 9.17) is 22.6 Å². The van der Waals surface area contributed by atoms with Crippen molar-refractivity contribution in [1.29, 1.82) is 0 Å². The maximum atomic E-state index is 10.5. The first-order valence-electron chi connectivity index (χ1n) is 4.39. The van der Waals surface area contributed by atoms with E-state index in [1.165, 1.54) is 0 Å². The molecule has 0 radical (unpaired) electrons. The van der Waals surface area contributed by atoms with Gasteiger partial charge in [-0.15, -0.1) is 0 Å². The molecule has 96 valence electrons. The Balaban J connectivity index is 0.000000437. The van der Waals surface area contributed by atoms with Crippen LogP contribution in [0.15, 0.2) is 24.3 Å². The SMILES string of the molecule is CN[C@H](C=O)c1cccc(O)c1.O=S(=O)(O)O. The van der Waals surface area contributed by atoms with Crippen LogP contribution in [0.5, 0.6) is 5.75 Å². The molecule has 17 heavy (non-hydrogen) atoms. The first kappa shape index (κ1) is 15.5. The predicted octanol–water partition coefficient (Wildman–Crippen LogP) is 0.199. The van der Waals surface area contributed by atoms with Crippen molar-refractivity contribution in [2.24, 2.45) is 0 Å². The van der Waals surface area contributed by atoms with Crippen molar-refractivity contribution in [2.75, 3.05) is 7.05 Å². The van der Waals surface area contributed by atoms with Gasteiger partial charge in [-0.2, -0.15) is 8.42 Å². The van der Waals surface area contributed by atoms with Crippen LogP contribution in [0.4, 0.5) is 0 Å². The van der Waals surface area contributed by atoms with Crippen molar-refractivity contribution >= 4 is 16.7 Å². The minimum Gasteiger partial charge on any atom is -0.508 e. The van der Waals surface area contributed by atoms with Crippen LogP contribution in [0.1, 0.15) is 11.6 Å². The Labute approximate surface area is 98.7 Å². The van der Waals surface area contributed by atoms with Crippen LogP contribution in [0, 0.1) is 0 Å². The number of aromatic hydroxyl groups is 1. The molecule has 0 spiro atoms. The lowest BCUT2D eigenvalue weighted by Gasteiger charge is -2.08. The zero-order valence-electron chi connectivity index (χ0n) is 8.94. The van der Waals surface area contributed by atoms with E-state index in [0.717, 1.165) is 11.8 Å². The Morgan fingerprint density at radius 2 is 1.88 bits per heavy atom. The third-order valence-electron chi connectivity index (χ3n) is 1.68. The summed E-state index contributed by atoms with van der Waals surface area (Å²) in [5, 5.41) is 11.9. The molecule has 0 saturated carbocycles. The highest BCUT2D eigenvalue weighted by Crippen LogP contribution is 2.16. The van der Waals surface area contributed by atoms with Crippen LogP contribution in [0.2, 0.25) is 0 Å². The third-order valence-corrected chi connectivity index (χ3v) is 1.68. The van der Waals surface area contributed by atoms with Gasteiger partial charge in [-0.1, -0.05) is 12.1 Å². The summed E-state index contributed by atoms with van der Waals surface area (Å²) >= 11 is 0. The highest BCUT2D eigenvalue weighted by molar-refractivity contribution is 7.79. The van der Waals surface area contributed by atoms with Crippen molar-refractivity contribution in [1.82, 2.24) is 5.32 Å². The molecule has 0 aliphatic rings. The van der Waals surface area contributed by atoms with Crippen molar-refractivity contribution in [3.8, 4) is 5.75 Å². The lowest BCUT2D eigenvalue weighted by atomic mass is 10.1. The first-order chi connectivity index (χ1) is 7.77. The molecule has 0 aliphatic carbocycles. The number of aldehydes is 1. The fraction of sp³-hybridized carbons (Fsp3) is 0.222. The summed E-state index contributed by atoms with van der Waals surface area (Å²) in [7, 11) is -2.97. The van der Waals surface area contributed by atoms with Crippen molar-refractivity contribution in [2.45, 2.75) is 6.04 Å². The summed E-state index contributed by atoms with van der Waals surface area (Å²) in [6.07, 6.45) is 0.800. The first-order valence-corrected chi connectivity index (χ1v) is 5.79. The molecule has 0 bridgehead atoms. The molecule has 7 nitrogen and oxygen atoms in total. The Kier molecular flexibility index (Phi) is 6.36. The summed E-state index contributed by atoms with van der Waals surface area (Å²) in [5.74, 6) is 0.176. The van der Waals surface area contributed by atoms with Gasteiger partial charge in [-0.05, 0) is 24.7 Å². The second-order valence-corrected chi connectivity index (χ2v) is 3.84. The topological polar surface area (TPSA) is 124 Å². The van der Waals surface area contributed by atoms with Crippen molar-refractivity contribution in [3.63, 3.8) is 0 Å². The number of nitrogens with one attached hydrogen (secondary N) is 1. The van der Waals surface area contributed by atoms with E-state index in [9.17, 15) is 4.79 Å². The lowest BCUT2D eigenvalue weighted by Crippen LogP contribution is -2.17. The van der Waals surface area contributed by atoms with Crippen LogP contribution >= 0.6 is 0 Å². The molecule has 0 saturated heterocycles. The molecule has 1 atom stereocenters. The molecule has 1 rings (SSSR count). The molecule has 4 N–H and O–H groups in total. The summed E-state index contributed by atoms with van der Waals surface area (Å²) in [4.78, 5) is 10.5. The van der Waals surface area contributed by atoms with Gasteiger partial charge in [0.05, 0.1) is 6.04 Å². The normalized spacial score (nSPS) is 12.2. The van der Waals surface area contributed by atoms with E-state index in [1.54, 1.807) is 31.3 Å². The molecule has 1 aromatic rings. The average Bonchev–Trinajstić information content (AvgIpc) is 2.17. The van der Waals surface area contributed by atoms with Gasteiger partial charge < -0.3 is 15.2 Å². The van der Waals surface area contributed by atoms with Gasteiger partial charge >= 0.3 is 10.4 Å². The summed E-state index contributed by atoms with van der Waals surface area (Å²) in [6.45, 7) is 0. The smallest absolute Gasteiger partial charge is 0.394 e. The molecule has 0 aliphatic heterocycles. The number of carbonyl (C=O) groups excluding carboxylic acids is 1. The monoisotopic (exact) mass is 263 g/mol. The summed E-state index contributed by atoms with van der Waals surface area (Å²) in [6, 6.07) is 6.29. The van der Waals surface area contributed by atoms with Crippen LogP contribution in [0.25, 0.3) is 0 Å². The van der Waals surface area contributed by atoms with Gasteiger partial charge in [0.25, 0.3) is 0 Å². The van der Waals surface area contributed by atoms with E-state index in [0.29, 0.717) is 0 Å². The molecule has 0 amide bonds. The van der Waals surface area contributed by atoms with E-state index < -0.39 is 10.4 Å². The van der Waals surface area contributed by atoms with Crippen molar-refractivity contribution in [3.05, 3.63) is 29.8 Å². The fourth-order valence-electron chi connectivity index (χ4n) is 1.03. The number of likely N-dealkylation sites (N-methyl/N-ethyl adjacent to an activating group) is 1. The molecular formula is C9H13NO6S. The van der Waals surface area contributed by atoms with Gasteiger partial charge in [0.1, 0.15) is 12.0 Å². The standard InChI is InChI=1S/C9H11NO2.H2O4S/c1-10-9(6-11)7-3-2-4-8(12)5-7;1-5(2,3)4/h2-6,9-10,12H,1H3;(H2,1,2,3,4)/t9-;/m1./s1. The molecule has 0 unspecified atom stereocenters. The van der Waals surface area contributed by atoms with Gasteiger partial charge in [-0.3, -0.25) is 9.11 Å². The molecule has 0 aromatic heterocycles. The number of hydrogen-bond donors (Lipinski definition) is 4. The van der Waals surface area contributed by atoms with Crippen LogP contribution in [0.3, 0.4) is 0 Å². The zero-order chi connectivity index (χ0) is 13.5. The Morgan fingerprint density at radius 1 is 1.35 bits per heavy atom. The number of benzene rings is 1. The van der Waals surface area contributed by atoms with E-state index in [-0.39, 0.29) is 11.8 Å². The number of hydrogen-bond acceptors (Lipinski definition) is 5. The van der Waals surface area contributed by atoms with Gasteiger partial charge in [-0.25, -0.2) is 0 Å². The fourth-order valence-corrected chi connectivity index (χ4v) is 1.03. The minimum absolute atomic E-state index is 0.176. The molecule has 1 aromatic carbocycles. The predicted molar refractivity (Wildman–Crippen MR) is 60.1 cm³/mol. The zero-order valence-corrected chi connectivity index (χ0v) is 9.76. The average molecular weight is 263 g/mol. The second kappa shape index (κ2) is 6.97. The number of phenolic OH excluding ortho intramolecular Hbond substituents is 1. The van der Waals surface area contributed by atoms with Crippen molar-refractivity contribution < 1.29 is 27.4 Å². The second-order valence-electron chi connectivity index (χ2n) is 2.95. The molecular weight excluding hydrogens is 250 g/mol. The number of carbonyl (C=O) groups is 1. The third kappa shape index (κ3) is 8.34. The van der Waals surface area contributed by atoms with Crippen LogP contribution < -0.4 is 5.32 Å². The lowest BCUT2D eigenvalue weighted by molar-refractivity contribution is -0.109. The van der Waals surface area contributed by atoms with E-state index in [1.807, 2.05) is 0 Å². The quantitative estimate of drug-likeness (QED) is 0.453. The highest BCUT2D eigenvalue weighted by atomic mass is 32.3. The highest BCUT2D eigenvalue weighted by Gasteiger charge is 2.06. The molecule has 0 fully saturated rings. The Hall–Kier alpha value is -1.48. The summed E-state index contributed by atoms with van der Waals surface area (Å²) < 4.78 is 31.6. The van der Waals surface area contributed by atoms with Gasteiger partial charge in [0, 0.05) is 0 Å². The minimum atomic E-state index is -4.67. The van der Waals surface area contributed by atoms with Gasteiger partial charge in [0.2, 0.25) is 0 Å². The van der Waals surface area contributed by atoms with Crippen LogP contribution in [-0.2, 0) is 15.2 Å². The Morgan fingerprint density at radius 3 is 2.24 bits per heavy atom. The molecule has 8 heteroatoms. The van der Waals surface area contributed by atoms with Crippen LogP contribution in [-0.4, -0.2) is 36.0 Å². The van der Waals surface area contributed by atoms with E-state index >= 15 is 0 Å². The maximum absolute atomic E-state index is 10.5.